The Hall–Kier alpha value is -2.26. The number of isocyanates is 1. The van der Waals surface area contributed by atoms with Crippen LogP contribution in [0.15, 0.2) is 40.3 Å². The van der Waals surface area contributed by atoms with Gasteiger partial charge in [0, 0.05) is 18.6 Å². The molecule has 0 amide bonds. The second kappa shape index (κ2) is 6.07. The second-order valence-corrected chi connectivity index (χ2v) is 4.49. The average molecular weight is 258 g/mol. The first-order valence-electron chi connectivity index (χ1n) is 6.07. The molecule has 1 heterocycles. The molecule has 0 aliphatic carbocycles. The van der Waals surface area contributed by atoms with E-state index in [1.165, 1.54) is 12.3 Å². The van der Waals surface area contributed by atoms with Crippen molar-refractivity contribution < 1.29 is 14.7 Å². The Balaban J connectivity index is 2.26. The molecular weight excluding hydrogens is 244 g/mol. The minimum Gasteiger partial charge on any atom is -0.480 e. The quantitative estimate of drug-likeness (QED) is 0.656. The van der Waals surface area contributed by atoms with Crippen LogP contribution in [0.5, 0.6) is 0 Å². The van der Waals surface area contributed by atoms with Gasteiger partial charge in [0.25, 0.3) is 0 Å². The van der Waals surface area contributed by atoms with Crippen molar-refractivity contribution in [2.75, 3.05) is 0 Å². The molecule has 98 valence electrons. The SMILES string of the molecule is O=C=NC1CC=NC(C(=O)O)C1Cc1ccccc1. The van der Waals surface area contributed by atoms with Gasteiger partial charge >= 0.3 is 5.97 Å². The number of aliphatic carboxylic acids is 1. The zero-order chi connectivity index (χ0) is 13.7. The fourth-order valence-electron chi connectivity index (χ4n) is 2.38. The Morgan fingerprint density at radius 2 is 2.16 bits per heavy atom. The molecule has 0 saturated heterocycles. The van der Waals surface area contributed by atoms with Gasteiger partial charge in [0.15, 0.2) is 6.04 Å². The number of aliphatic imine (C=N–C) groups is 2. The average Bonchev–Trinajstić information content (AvgIpc) is 2.42. The lowest BCUT2D eigenvalue weighted by molar-refractivity contribution is -0.140. The highest BCUT2D eigenvalue weighted by Crippen LogP contribution is 2.26. The third-order valence-corrected chi connectivity index (χ3v) is 3.30. The van der Waals surface area contributed by atoms with Crippen LogP contribution in [0.2, 0.25) is 0 Å². The zero-order valence-electron chi connectivity index (χ0n) is 10.3. The summed E-state index contributed by atoms with van der Waals surface area (Å²) in [5.41, 5.74) is 1.02. The second-order valence-electron chi connectivity index (χ2n) is 4.49. The van der Waals surface area contributed by atoms with Gasteiger partial charge < -0.3 is 5.11 Å². The molecule has 3 atom stereocenters. The number of hydrogen-bond donors (Lipinski definition) is 1. The lowest BCUT2D eigenvalue weighted by Gasteiger charge is -2.28. The summed E-state index contributed by atoms with van der Waals surface area (Å²) in [6.07, 6.45) is 4.08. The molecule has 1 aromatic rings. The van der Waals surface area contributed by atoms with Gasteiger partial charge in [-0.25, -0.2) is 14.6 Å². The number of carbonyl (C=O) groups excluding carboxylic acids is 1. The monoisotopic (exact) mass is 258 g/mol. The Morgan fingerprint density at radius 3 is 2.79 bits per heavy atom. The van der Waals surface area contributed by atoms with Gasteiger partial charge in [-0.05, 0) is 12.0 Å². The van der Waals surface area contributed by atoms with Gasteiger partial charge in [0.1, 0.15) is 0 Å². The fourth-order valence-corrected chi connectivity index (χ4v) is 2.38. The van der Waals surface area contributed by atoms with E-state index in [-0.39, 0.29) is 12.0 Å². The van der Waals surface area contributed by atoms with Crippen LogP contribution in [0.4, 0.5) is 0 Å². The van der Waals surface area contributed by atoms with Gasteiger partial charge in [0.2, 0.25) is 6.08 Å². The lowest BCUT2D eigenvalue weighted by Crippen LogP contribution is -2.40. The first-order valence-corrected chi connectivity index (χ1v) is 6.07. The zero-order valence-corrected chi connectivity index (χ0v) is 10.3. The van der Waals surface area contributed by atoms with E-state index < -0.39 is 12.0 Å². The Morgan fingerprint density at radius 1 is 1.42 bits per heavy atom. The van der Waals surface area contributed by atoms with E-state index in [9.17, 15) is 14.7 Å². The van der Waals surface area contributed by atoms with Crippen molar-refractivity contribution in [3.63, 3.8) is 0 Å². The van der Waals surface area contributed by atoms with Crippen molar-refractivity contribution in [3.05, 3.63) is 35.9 Å². The van der Waals surface area contributed by atoms with Crippen molar-refractivity contribution in [2.24, 2.45) is 15.9 Å². The van der Waals surface area contributed by atoms with Crippen molar-refractivity contribution in [2.45, 2.75) is 24.9 Å². The van der Waals surface area contributed by atoms with E-state index in [1.54, 1.807) is 0 Å². The van der Waals surface area contributed by atoms with Crippen molar-refractivity contribution in [3.8, 4) is 0 Å². The minimum absolute atomic E-state index is 0.314. The van der Waals surface area contributed by atoms with Crippen LogP contribution >= 0.6 is 0 Å². The van der Waals surface area contributed by atoms with Crippen LogP contribution in [0.3, 0.4) is 0 Å². The summed E-state index contributed by atoms with van der Waals surface area (Å²) in [5, 5.41) is 9.22. The van der Waals surface area contributed by atoms with E-state index in [0.717, 1.165) is 5.56 Å². The summed E-state index contributed by atoms with van der Waals surface area (Å²) in [6, 6.07) is 8.34. The third kappa shape index (κ3) is 3.14. The molecule has 1 aromatic carbocycles. The molecule has 19 heavy (non-hydrogen) atoms. The highest BCUT2D eigenvalue weighted by Gasteiger charge is 2.36. The normalized spacial score (nSPS) is 25.6. The van der Waals surface area contributed by atoms with Crippen molar-refractivity contribution >= 4 is 18.3 Å². The molecule has 0 aromatic heterocycles. The lowest BCUT2D eigenvalue weighted by atomic mass is 9.83. The topological polar surface area (TPSA) is 79.1 Å². The summed E-state index contributed by atoms with van der Waals surface area (Å²) >= 11 is 0. The maximum absolute atomic E-state index is 11.3. The van der Waals surface area contributed by atoms with Gasteiger partial charge in [0.05, 0.1) is 6.04 Å². The molecule has 2 rings (SSSR count). The van der Waals surface area contributed by atoms with E-state index >= 15 is 0 Å². The van der Waals surface area contributed by atoms with E-state index in [0.29, 0.717) is 12.8 Å². The summed E-state index contributed by atoms with van der Waals surface area (Å²) in [6.45, 7) is 0. The van der Waals surface area contributed by atoms with Crippen LogP contribution in [0.25, 0.3) is 0 Å². The maximum atomic E-state index is 11.3. The molecular formula is C14H14N2O3. The number of carbonyl (C=O) groups is 1. The largest absolute Gasteiger partial charge is 0.480 e. The molecule has 0 bridgehead atoms. The third-order valence-electron chi connectivity index (χ3n) is 3.30. The number of nitrogens with zero attached hydrogens (tertiary/aromatic N) is 2. The molecule has 1 aliphatic heterocycles. The summed E-state index contributed by atoms with van der Waals surface area (Å²) in [4.78, 5) is 29.5. The molecule has 0 fully saturated rings. The first kappa shape index (κ1) is 13.2. The maximum Gasteiger partial charge on any atom is 0.328 e. The molecule has 0 saturated carbocycles. The summed E-state index contributed by atoms with van der Waals surface area (Å²) in [7, 11) is 0. The van der Waals surface area contributed by atoms with Gasteiger partial charge in [-0.2, -0.15) is 0 Å². The minimum atomic E-state index is -0.983. The molecule has 1 N–H and O–H groups in total. The molecule has 0 radical (unpaired) electrons. The van der Waals surface area contributed by atoms with Crippen molar-refractivity contribution in [1.29, 1.82) is 0 Å². The predicted molar refractivity (Wildman–Crippen MR) is 70.1 cm³/mol. The molecule has 5 heteroatoms. The van der Waals surface area contributed by atoms with E-state index in [4.69, 9.17) is 0 Å². The molecule has 5 nitrogen and oxygen atoms in total. The van der Waals surface area contributed by atoms with Crippen LogP contribution in [-0.4, -0.2) is 35.5 Å². The first-order chi connectivity index (χ1) is 9.22. The van der Waals surface area contributed by atoms with E-state index in [2.05, 4.69) is 9.98 Å². The van der Waals surface area contributed by atoms with E-state index in [1.807, 2.05) is 30.3 Å². The molecule has 3 unspecified atom stereocenters. The Kier molecular flexibility index (Phi) is 4.21. The smallest absolute Gasteiger partial charge is 0.328 e. The predicted octanol–water partition coefficient (Wildman–Crippen LogP) is 1.48. The number of hydrogen-bond acceptors (Lipinski definition) is 4. The highest BCUT2D eigenvalue weighted by molar-refractivity contribution is 5.78. The number of rotatable bonds is 4. The number of carboxylic acid groups (broad SMARTS) is 1. The summed E-state index contributed by atoms with van der Waals surface area (Å²) in [5.74, 6) is -1.30. The van der Waals surface area contributed by atoms with Crippen LogP contribution < -0.4 is 0 Å². The highest BCUT2D eigenvalue weighted by atomic mass is 16.4. The van der Waals surface area contributed by atoms with Crippen LogP contribution in [0.1, 0.15) is 12.0 Å². The Bertz CT molecular complexity index is 521. The van der Waals surface area contributed by atoms with Gasteiger partial charge in [-0.1, -0.05) is 30.3 Å². The van der Waals surface area contributed by atoms with Crippen molar-refractivity contribution in [1.82, 2.24) is 0 Å². The Labute approximate surface area is 110 Å². The molecule has 0 spiro atoms. The standard InChI is InChI=1S/C14H14N2O3/c17-9-16-12-6-7-15-13(14(18)19)11(12)8-10-4-2-1-3-5-10/h1-5,7,11-13H,6,8H2,(H,18,19). The number of carboxylic acids is 1. The number of benzene rings is 1. The molecule has 1 aliphatic rings. The van der Waals surface area contributed by atoms with Gasteiger partial charge in [-0.15, -0.1) is 0 Å². The van der Waals surface area contributed by atoms with Crippen LogP contribution in [-0.2, 0) is 16.0 Å². The fraction of sp³-hybridized carbons (Fsp3) is 0.357. The van der Waals surface area contributed by atoms with Crippen LogP contribution in [0, 0.1) is 5.92 Å². The summed E-state index contributed by atoms with van der Waals surface area (Å²) < 4.78 is 0. The van der Waals surface area contributed by atoms with Gasteiger partial charge in [-0.3, -0.25) is 4.99 Å².